The van der Waals surface area contributed by atoms with Crippen molar-refractivity contribution in [2.45, 2.75) is 38.5 Å². The normalized spacial score (nSPS) is 13.5. The first kappa shape index (κ1) is 14.4. The highest BCUT2D eigenvalue weighted by atomic mass is 32.2. The number of benzene rings is 1. The molecule has 0 spiro atoms. The van der Waals surface area contributed by atoms with Crippen LogP contribution in [0.25, 0.3) is 0 Å². The summed E-state index contributed by atoms with van der Waals surface area (Å²) in [6, 6.07) is 8.07. The predicted molar refractivity (Wildman–Crippen MR) is 76.8 cm³/mol. The maximum atomic E-state index is 6.23. The molecule has 1 aromatic carbocycles. The zero-order chi connectivity index (χ0) is 12.9. The maximum absolute atomic E-state index is 6.23. The van der Waals surface area contributed by atoms with E-state index in [-0.39, 0.29) is 10.8 Å². The topological polar surface area (TPSA) is 35.2 Å². The molecule has 0 saturated carbocycles. The fourth-order valence-corrected chi connectivity index (χ4v) is 2.36. The van der Waals surface area contributed by atoms with Gasteiger partial charge in [-0.25, -0.2) is 0 Å². The molecule has 0 aliphatic heterocycles. The summed E-state index contributed by atoms with van der Waals surface area (Å²) in [4.78, 5) is 0. The van der Waals surface area contributed by atoms with Gasteiger partial charge in [-0.2, -0.15) is 11.8 Å². The van der Waals surface area contributed by atoms with E-state index in [4.69, 9.17) is 10.5 Å². The second kappa shape index (κ2) is 6.31. The fraction of sp³-hybridized carbons (Fsp3) is 0.571. The highest BCUT2D eigenvalue weighted by Gasteiger charge is 2.16. The van der Waals surface area contributed by atoms with Gasteiger partial charge in [-0.3, -0.25) is 0 Å². The lowest BCUT2D eigenvalue weighted by Gasteiger charge is -2.22. The lowest BCUT2D eigenvalue weighted by Crippen LogP contribution is -2.18. The van der Waals surface area contributed by atoms with E-state index in [1.54, 1.807) is 0 Å². The summed E-state index contributed by atoms with van der Waals surface area (Å²) < 4.78 is 5.85. The van der Waals surface area contributed by atoms with Crippen LogP contribution in [0.1, 0.15) is 39.3 Å². The molecule has 0 aromatic heterocycles. The molecule has 0 bridgehead atoms. The first-order chi connectivity index (χ1) is 7.94. The molecule has 1 unspecified atom stereocenters. The zero-order valence-electron chi connectivity index (χ0n) is 11.2. The Morgan fingerprint density at radius 1 is 1.29 bits per heavy atom. The molecule has 2 N–H and O–H groups in total. The van der Waals surface area contributed by atoms with Gasteiger partial charge in [-0.1, -0.05) is 39.0 Å². The third-order valence-electron chi connectivity index (χ3n) is 2.31. The Morgan fingerprint density at radius 2 is 1.94 bits per heavy atom. The van der Waals surface area contributed by atoms with Crippen LogP contribution in [0.3, 0.4) is 0 Å². The Bertz CT molecular complexity index is 346. The van der Waals surface area contributed by atoms with Gasteiger partial charge >= 0.3 is 0 Å². The number of rotatable bonds is 5. The lowest BCUT2D eigenvalue weighted by atomic mass is 10.1. The van der Waals surface area contributed by atoms with Gasteiger partial charge < -0.3 is 10.5 Å². The molecule has 0 aliphatic rings. The summed E-state index contributed by atoms with van der Waals surface area (Å²) in [6.07, 6.45) is 0. The molecule has 96 valence electrons. The summed E-state index contributed by atoms with van der Waals surface area (Å²) in [5.41, 5.74) is 7.34. The number of hydrogen-bond acceptors (Lipinski definition) is 3. The minimum atomic E-state index is 0.0296. The second-order valence-corrected chi connectivity index (χ2v) is 6.85. The minimum absolute atomic E-state index is 0.0296. The summed E-state index contributed by atoms with van der Waals surface area (Å²) >= 11 is 1.88. The third-order valence-corrected chi connectivity index (χ3v) is 3.71. The molecule has 1 aromatic rings. The number of para-hydroxylation sites is 1. The van der Waals surface area contributed by atoms with Crippen LogP contribution in [0.2, 0.25) is 0 Å². The summed E-state index contributed by atoms with van der Waals surface area (Å²) in [7, 11) is 0. The highest BCUT2D eigenvalue weighted by Crippen LogP contribution is 2.30. The van der Waals surface area contributed by atoms with Gasteiger partial charge in [0, 0.05) is 22.1 Å². The van der Waals surface area contributed by atoms with Crippen LogP contribution >= 0.6 is 11.8 Å². The van der Waals surface area contributed by atoms with Gasteiger partial charge in [0.05, 0.1) is 6.61 Å². The average molecular weight is 253 g/mol. The van der Waals surface area contributed by atoms with Gasteiger partial charge in [0.1, 0.15) is 5.75 Å². The van der Waals surface area contributed by atoms with Crippen LogP contribution in [0.15, 0.2) is 24.3 Å². The minimum Gasteiger partial charge on any atom is -0.494 e. The number of thioether (sulfide) groups is 1. The monoisotopic (exact) mass is 253 g/mol. The largest absolute Gasteiger partial charge is 0.494 e. The van der Waals surface area contributed by atoms with Crippen molar-refractivity contribution in [2.24, 2.45) is 5.73 Å². The Balaban J connectivity index is 2.70. The number of nitrogens with two attached hydrogens (primary N) is 1. The van der Waals surface area contributed by atoms with E-state index in [2.05, 4.69) is 26.8 Å². The van der Waals surface area contributed by atoms with Crippen molar-refractivity contribution >= 4 is 11.8 Å². The van der Waals surface area contributed by atoms with E-state index in [1.165, 1.54) is 0 Å². The molecule has 0 heterocycles. The van der Waals surface area contributed by atoms with E-state index in [0.29, 0.717) is 6.61 Å². The molecule has 0 amide bonds. The number of ether oxygens (including phenoxy) is 1. The van der Waals surface area contributed by atoms with Gasteiger partial charge in [-0.05, 0) is 13.0 Å². The second-order valence-electron chi connectivity index (χ2n) is 5.00. The van der Waals surface area contributed by atoms with Crippen molar-refractivity contribution in [3.05, 3.63) is 29.8 Å². The molecule has 0 radical (unpaired) electrons. The maximum Gasteiger partial charge on any atom is 0.124 e. The quantitative estimate of drug-likeness (QED) is 0.870. The van der Waals surface area contributed by atoms with Crippen LogP contribution in [0.5, 0.6) is 5.75 Å². The van der Waals surface area contributed by atoms with Gasteiger partial charge in [0.15, 0.2) is 0 Å². The first-order valence-corrected chi connectivity index (χ1v) is 7.04. The highest BCUT2D eigenvalue weighted by molar-refractivity contribution is 8.00. The van der Waals surface area contributed by atoms with E-state index >= 15 is 0 Å². The Hall–Kier alpha value is -0.670. The number of hydrogen-bond donors (Lipinski definition) is 1. The molecular formula is C14H23NOS. The predicted octanol–water partition coefficient (Wildman–Crippen LogP) is 3.62. The molecule has 3 heteroatoms. The van der Waals surface area contributed by atoms with E-state index in [1.807, 2.05) is 36.9 Å². The molecule has 17 heavy (non-hydrogen) atoms. The molecule has 2 nitrogen and oxygen atoms in total. The van der Waals surface area contributed by atoms with Crippen LogP contribution < -0.4 is 10.5 Å². The van der Waals surface area contributed by atoms with Crippen molar-refractivity contribution in [2.75, 3.05) is 12.4 Å². The molecular weight excluding hydrogens is 230 g/mol. The third kappa shape index (κ3) is 5.00. The van der Waals surface area contributed by atoms with Crippen LogP contribution in [-0.2, 0) is 0 Å². The van der Waals surface area contributed by atoms with E-state index in [9.17, 15) is 0 Å². The molecule has 0 saturated heterocycles. The van der Waals surface area contributed by atoms with Gasteiger partial charge in [-0.15, -0.1) is 0 Å². The molecule has 1 atom stereocenters. The SMILES string of the molecule is CCOc1ccccc1C(N)CSC(C)(C)C. The van der Waals surface area contributed by atoms with Gasteiger partial charge in [0.2, 0.25) is 0 Å². The van der Waals surface area contributed by atoms with E-state index in [0.717, 1.165) is 17.1 Å². The smallest absolute Gasteiger partial charge is 0.124 e. The molecule has 0 fully saturated rings. The fourth-order valence-electron chi connectivity index (χ4n) is 1.50. The zero-order valence-corrected chi connectivity index (χ0v) is 12.0. The van der Waals surface area contributed by atoms with Crippen molar-refractivity contribution in [1.82, 2.24) is 0 Å². The van der Waals surface area contributed by atoms with Crippen molar-refractivity contribution in [3.8, 4) is 5.75 Å². The van der Waals surface area contributed by atoms with Crippen LogP contribution in [-0.4, -0.2) is 17.1 Å². The van der Waals surface area contributed by atoms with Crippen molar-refractivity contribution in [1.29, 1.82) is 0 Å². The van der Waals surface area contributed by atoms with Crippen molar-refractivity contribution in [3.63, 3.8) is 0 Å². The van der Waals surface area contributed by atoms with Crippen LogP contribution in [0, 0.1) is 0 Å². The molecule has 1 rings (SSSR count). The standard InChI is InChI=1S/C14H23NOS/c1-5-16-13-9-7-6-8-11(13)12(15)10-17-14(2,3)4/h6-9,12H,5,10,15H2,1-4H3. The summed E-state index contributed by atoms with van der Waals surface area (Å²) in [5, 5.41) is 0. The average Bonchev–Trinajstić information content (AvgIpc) is 2.26. The van der Waals surface area contributed by atoms with Crippen LogP contribution in [0.4, 0.5) is 0 Å². The Morgan fingerprint density at radius 3 is 2.53 bits per heavy atom. The lowest BCUT2D eigenvalue weighted by molar-refractivity contribution is 0.335. The Labute approximate surface area is 109 Å². The first-order valence-electron chi connectivity index (χ1n) is 6.05. The van der Waals surface area contributed by atoms with Gasteiger partial charge in [0.25, 0.3) is 0 Å². The Kier molecular flexibility index (Phi) is 5.34. The molecule has 0 aliphatic carbocycles. The summed E-state index contributed by atoms with van der Waals surface area (Å²) in [5.74, 6) is 1.82. The van der Waals surface area contributed by atoms with E-state index < -0.39 is 0 Å². The summed E-state index contributed by atoms with van der Waals surface area (Å²) in [6.45, 7) is 9.29. The van der Waals surface area contributed by atoms with Crippen molar-refractivity contribution < 1.29 is 4.74 Å².